The molecule has 1 heterocycles. The number of likely N-dealkylation sites (tertiary alicyclic amines) is 1. The van der Waals surface area contributed by atoms with Crippen molar-refractivity contribution < 1.29 is 15.0 Å². The minimum atomic E-state index is -0.369. The van der Waals surface area contributed by atoms with Crippen molar-refractivity contribution in [2.24, 2.45) is 23.2 Å². The van der Waals surface area contributed by atoms with E-state index in [0.717, 1.165) is 5.92 Å². The molecule has 1 aliphatic heterocycles. The van der Waals surface area contributed by atoms with Crippen LogP contribution >= 0.6 is 0 Å². The zero-order chi connectivity index (χ0) is 14.2. The van der Waals surface area contributed by atoms with Gasteiger partial charge in [-0.05, 0) is 43.4 Å². The second-order valence-electron chi connectivity index (χ2n) is 6.94. The van der Waals surface area contributed by atoms with E-state index in [1.165, 1.54) is 12.8 Å². The SMILES string of the molecule is O=C(CC1CC2C=CC1C2)N1CCC(CO)(CO)CC1. The monoisotopic (exact) mass is 279 g/mol. The fourth-order valence-electron chi connectivity index (χ4n) is 4.08. The Morgan fingerprint density at radius 3 is 2.35 bits per heavy atom. The van der Waals surface area contributed by atoms with Gasteiger partial charge >= 0.3 is 0 Å². The maximum Gasteiger partial charge on any atom is 0.222 e. The molecule has 1 saturated carbocycles. The lowest BCUT2D eigenvalue weighted by molar-refractivity contribution is -0.136. The maximum absolute atomic E-state index is 12.4. The molecular formula is C16H25NO3. The molecule has 3 rings (SSSR count). The summed E-state index contributed by atoms with van der Waals surface area (Å²) in [6.07, 6.45) is 9.13. The van der Waals surface area contributed by atoms with Crippen LogP contribution in [-0.2, 0) is 4.79 Å². The number of hydrogen-bond acceptors (Lipinski definition) is 3. The molecule has 2 aliphatic carbocycles. The number of carbonyl (C=O) groups is 1. The number of rotatable bonds is 4. The number of aliphatic hydroxyl groups excluding tert-OH is 2. The number of piperidine rings is 1. The van der Waals surface area contributed by atoms with E-state index in [4.69, 9.17) is 0 Å². The van der Waals surface area contributed by atoms with Crippen molar-refractivity contribution in [2.75, 3.05) is 26.3 Å². The Kier molecular flexibility index (Phi) is 3.87. The lowest BCUT2D eigenvalue weighted by atomic mass is 9.79. The molecule has 1 saturated heterocycles. The molecule has 0 aromatic rings. The van der Waals surface area contributed by atoms with E-state index >= 15 is 0 Å². The largest absolute Gasteiger partial charge is 0.396 e. The third-order valence-corrected chi connectivity index (χ3v) is 5.70. The van der Waals surface area contributed by atoms with Crippen LogP contribution in [0.2, 0.25) is 0 Å². The number of amides is 1. The van der Waals surface area contributed by atoms with Crippen LogP contribution in [-0.4, -0.2) is 47.3 Å². The van der Waals surface area contributed by atoms with Gasteiger partial charge in [-0.3, -0.25) is 4.79 Å². The summed E-state index contributed by atoms with van der Waals surface area (Å²) in [5.74, 6) is 2.15. The number of allylic oxidation sites excluding steroid dienone is 2. The van der Waals surface area contributed by atoms with Crippen LogP contribution in [0, 0.1) is 23.2 Å². The summed E-state index contributed by atoms with van der Waals surface area (Å²) >= 11 is 0. The van der Waals surface area contributed by atoms with E-state index in [1.54, 1.807) is 0 Å². The van der Waals surface area contributed by atoms with Crippen molar-refractivity contribution in [1.29, 1.82) is 0 Å². The fraction of sp³-hybridized carbons (Fsp3) is 0.812. The van der Waals surface area contributed by atoms with E-state index in [-0.39, 0.29) is 24.5 Å². The third kappa shape index (κ3) is 2.51. The smallest absolute Gasteiger partial charge is 0.222 e. The fourth-order valence-corrected chi connectivity index (χ4v) is 4.08. The van der Waals surface area contributed by atoms with Gasteiger partial charge in [-0.25, -0.2) is 0 Å². The average molecular weight is 279 g/mol. The van der Waals surface area contributed by atoms with Gasteiger partial charge in [0, 0.05) is 24.9 Å². The van der Waals surface area contributed by atoms with Crippen LogP contribution in [0.5, 0.6) is 0 Å². The van der Waals surface area contributed by atoms with E-state index in [1.807, 2.05) is 4.90 Å². The van der Waals surface area contributed by atoms with E-state index < -0.39 is 0 Å². The predicted octanol–water partition coefficient (Wildman–Crippen LogP) is 1.18. The number of nitrogens with zero attached hydrogens (tertiary/aromatic N) is 1. The van der Waals surface area contributed by atoms with Gasteiger partial charge in [-0.15, -0.1) is 0 Å². The zero-order valence-corrected chi connectivity index (χ0v) is 12.0. The Bertz CT molecular complexity index is 393. The van der Waals surface area contributed by atoms with Crippen LogP contribution in [0.3, 0.4) is 0 Å². The maximum atomic E-state index is 12.4. The average Bonchev–Trinajstić information content (AvgIpc) is 3.10. The normalized spacial score (nSPS) is 34.7. The van der Waals surface area contributed by atoms with Gasteiger partial charge in [0.25, 0.3) is 0 Å². The minimum absolute atomic E-state index is 0.0166. The van der Waals surface area contributed by atoms with Gasteiger partial charge in [0.2, 0.25) is 5.91 Å². The molecule has 3 unspecified atom stereocenters. The molecule has 2 N–H and O–H groups in total. The summed E-state index contributed by atoms with van der Waals surface area (Å²) in [7, 11) is 0. The van der Waals surface area contributed by atoms with Crippen molar-refractivity contribution in [3.8, 4) is 0 Å². The predicted molar refractivity (Wildman–Crippen MR) is 75.9 cm³/mol. The topological polar surface area (TPSA) is 60.8 Å². The molecule has 0 radical (unpaired) electrons. The number of carbonyl (C=O) groups excluding carboxylic acids is 1. The van der Waals surface area contributed by atoms with Gasteiger partial charge in [-0.2, -0.15) is 0 Å². The van der Waals surface area contributed by atoms with Gasteiger partial charge < -0.3 is 15.1 Å². The summed E-state index contributed by atoms with van der Waals surface area (Å²) in [5.41, 5.74) is -0.369. The molecule has 0 aromatic carbocycles. The first-order chi connectivity index (χ1) is 9.65. The quantitative estimate of drug-likeness (QED) is 0.760. The van der Waals surface area contributed by atoms with Crippen molar-refractivity contribution in [1.82, 2.24) is 4.90 Å². The Labute approximate surface area is 120 Å². The number of aliphatic hydroxyl groups is 2. The molecule has 2 fully saturated rings. The highest BCUT2D eigenvalue weighted by molar-refractivity contribution is 5.76. The third-order valence-electron chi connectivity index (χ3n) is 5.70. The van der Waals surface area contributed by atoms with Gasteiger partial charge in [0.15, 0.2) is 0 Å². The standard InChI is InChI=1S/C16H25NO3/c18-10-16(11-19)3-5-17(6-4-16)15(20)9-14-8-12-1-2-13(14)7-12/h1-2,12-14,18-19H,3-11H2. The van der Waals surface area contributed by atoms with E-state index in [2.05, 4.69) is 12.2 Å². The Hall–Kier alpha value is -0.870. The molecule has 3 aliphatic rings. The molecule has 4 heteroatoms. The highest BCUT2D eigenvalue weighted by Crippen LogP contribution is 2.45. The first-order valence-electron chi connectivity index (χ1n) is 7.83. The molecule has 20 heavy (non-hydrogen) atoms. The molecule has 4 nitrogen and oxygen atoms in total. The summed E-state index contributed by atoms with van der Waals surface area (Å²) in [5, 5.41) is 18.8. The summed E-state index contributed by atoms with van der Waals surface area (Å²) < 4.78 is 0. The van der Waals surface area contributed by atoms with Crippen molar-refractivity contribution in [3.05, 3.63) is 12.2 Å². The number of hydrogen-bond donors (Lipinski definition) is 2. The second kappa shape index (κ2) is 5.49. The zero-order valence-electron chi connectivity index (χ0n) is 12.0. The molecule has 112 valence electrons. The lowest BCUT2D eigenvalue weighted by Crippen LogP contribution is -2.46. The minimum Gasteiger partial charge on any atom is -0.396 e. The van der Waals surface area contributed by atoms with Crippen molar-refractivity contribution >= 4 is 5.91 Å². The highest BCUT2D eigenvalue weighted by atomic mass is 16.3. The van der Waals surface area contributed by atoms with Crippen LogP contribution in [0.15, 0.2) is 12.2 Å². The molecule has 2 bridgehead atoms. The highest BCUT2D eigenvalue weighted by Gasteiger charge is 2.39. The molecular weight excluding hydrogens is 254 g/mol. The first kappa shape index (κ1) is 14.1. The molecule has 0 spiro atoms. The Balaban J connectivity index is 1.51. The molecule has 1 amide bonds. The number of fused-ring (bicyclic) bond motifs is 2. The van der Waals surface area contributed by atoms with Gasteiger partial charge in [-0.1, -0.05) is 12.2 Å². The van der Waals surface area contributed by atoms with Crippen LogP contribution in [0.4, 0.5) is 0 Å². The van der Waals surface area contributed by atoms with Crippen LogP contribution in [0.1, 0.15) is 32.1 Å². The van der Waals surface area contributed by atoms with Gasteiger partial charge in [0.05, 0.1) is 13.2 Å². The summed E-state index contributed by atoms with van der Waals surface area (Å²) in [6.45, 7) is 1.39. The van der Waals surface area contributed by atoms with Crippen molar-refractivity contribution in [3.63, 3.8) is 0 Å². The second-order valence-corrected chi connectivity index (χ2v) is 6.94. The summed E-state index contributed by atoms with van der Waals surface area (Å²) in [4.78, 5) is 14.3. The van der Waals surface area contributed by atoms with E-state index in [0.29, 0.717) is 44.2 Å². The molecule has 3 atom stereocenters. The Morgan fingerprint density at radius 2 is 1.85 bits per heavy atom. The Morgan fingerprint density at radius 1 is 1.15 bits per heavy atom. The summed E-state index contributed by atoms with van der Waals surface area (Å²) in [6, 6.07) is 0. The van der Waals surface area contributed by atoms with Crippen LogP contribution < -0.4 is 0 Å². The van der Waals surface area contributed by atoms with Crippen LogP contribution in [0.25, 0.3) is 0 Å². The molecule has 0 aromatic heterocycles. The van der Waals surface area contributed by atoms with E-state index in [9.17, 15) is 15.0 Å². The van der Waals surface area contributed by atoms with Gasteiger partial charge in [0.1, 0.15) is 0 Å². The van der Waals surface area contributed by atoms with Crippen molar-refractivity contribution in [2.45, 2.75) is 32.1 Å². The lowest BCUT2D eigenvalue weighted by Gasteiger charge is -2.40. The first-order valence-corrected chi connectivity index (χ1v) is 7.83.